The van der Waals surface area contributed by atoms with Crippen LogP contribution >= 0.6 is 0 Å². The molecule has 0 unspecified atom stereocenters. The molecule has 1 fully saturated rings. The van der Waals surface area contributed by atoms with E-state index >= 15 is 0 Å². The Balaban J connectivity index is 2.01. The van der Waals surface area contributed by atoms with Gasteiger partial charge in [0.15, 0.2) is 9.84 Å². The first-order valence-corrected chi connectivity index (χ1v) is 10.0. The molecule has 0 atom stereocenters. The van der Waals surface area contributed by atoms with E-state index in [1.54, 1.807) is 4.90 Å². The fraction of sp³-hybridized carbons (Fsp3) is 0.611. The lowest BCUT2D eigenvalue weighted by atomic mass is 10.0. The normalized spacial score (nSPS) is 16.8. The number of hydrogen-bond donors (Lipinski definition) is 0. The SMILES string of the molecule is Cc1ccc(C(=O)N2CCC(S(=O)(=O)CC(C)C)CC2)cc1C. The van der Waals surface area contributed by atoms with Gasteiger partial charge in [0, 0.05) is 18.7 Å². The molecule has 0 bridgehead atoms. The number of rotatable bonds is 4. The summed E-state index contributed by atoms with van der Waals surface area (Å²) >= 11 is 0. The topological polar surface area (TPSA) is 54.5 Å². The van der Waals surface area contributed by atoms with Gasteiger partial charge < -0.3 is 4.90 Å². The maximum atomic E-state index is 12.6. The number of piperidine rings is 1. The van der Waals surface area contributed by atoms with Crippen LogP contribution in [0.3, 0.4) is 0 Å². The molecule has 0 saturated carbocycles. The van der Waals surface area contributed by atoms with Gasteiger partial charge >= 0.3 is 0 Å². The fourth-order valence-electron chi connectivity index (χ4n) is 3.08. The van der Waals surface area contributed by atoms with Crippen molar-refractivity contribution in [2.75, 3.05) is 18.8 Å². The number of hydrogen-bond acceptors (Lipinski definition) is 3. The highest BCUT2D eigenvalue weighted by molar-refractivity contribution is 7.92. The lowest BCUT2D eigenvalue weighted by Gasteiger charge is -2.32. The van der Waals surface area contributed by atoms with Crippen molar-refractivity contribution in [3.8, 4) is 0 Å². The molecule has 5 heteroatoms. The van der Waals surface area contributed by atoms with Crippen LogP contribution in [0, 0.1) is 19.8 Å². The summed E-state index contributed by atoms with van der Waals surface area (Å²) in [6, 6.07) is 5.73. The van der Waals surface area contributed by atoms with Crippen molar-refractivity contribution in [3.05, 3.63) is 34.9 Å². The quantitative estimate of drug-likeness (QED) is 0.849. The first-order valence-electron chi connectivity index (χ1n) is 8.29. The van der Waals surface area contributed by atoms with Crippen molar-refractivity contribution in [1.29, 1.82) is 0 Å². The Morgan fingerprint density at radius 2 is 1.78 bits per heavy atom. The maximum absolute atomic E-state index is 12.6. The molecule has 0 spiro atoms. The highest BCUT2D eigenvalue weighted by atomic mass is 32.2. The maximum Gasteiger partial charge on any atom is 0.253 e. The van der Waals surface area contributed by atoms with Crippen LogP contribution in [0.15, 0.2) is 18.2 Å². The monoisotopic (exact) mass is 337 g/mol. The summed E-state index contributed by atoms with van der Waals surface area (Å²) in [5, 5.41) is -0.297. The average Bonchev–Trinajstić information content (AvgIpc) is 2.48. The second kappa shape index (κ2) is 7.04. The Labute approximate surface area is 139 Å². The molecule has 1 saturated heterocycles. The molecule has 4 nitrogen and oxygen atoms in total. The molecular weight excluding hydrogens is 310 g/mol. The zero-order chi connectivity index (χ0) is 17.2. The number of carbonyl (C=O) groups excluding carboxylic acids is 1. The second-order valence-electron chi connectivity index (χ2n) is 7.01. The number of sulfone groups is 1. The van der Waals surface area contributed by atoms with E-state index in [2.05, 4.69) is 0 Å². The summed E-state index contributed by atoms with van der Waals surface area (Å²) in [7, 11) is -3.05. The summed E-state index contributed by atoms with van der Waals surface area (Å²) in [5.41, 5.74) is 2.96. The summed E-state index contributed by atoms with van der Waals surface area (Å²) in [4.78, 5) is 14.4. The van der Waals surface area contributed by atoms with E-state index in [-0.39, 0.29) is 22.8 Å². The minimum atomic E-state index is -3.05. The van der Waals surface area contributed by atoms with Crippen molar-refractivity contribution >= 4 is 15.7 Å². The van der Waals surface area contributed by atoms with Crippen LogP contribution in [0.25, 0.3) is 0 Å². The lowest BCUT2D eigenvalue weighted by molar-refractivity contribution is 0.0725. The number of likely N-dealkylation sites (tertiary alicyclic amines) is 1. The molecule has 1 heterocycles. The van der Waals surface area contributed by atoms with Gasteiger partial charge in [-0.25, -0.2) is 8.42 Å². The first kappa shape index (κ1) is 18.0. The Kier molecular flexibility index (Phi) is 5.50. The van der Waals surface area contributed by atoms with Gasteiger partial charge in [0.05, 0.1) is 11.0 Å². The minimum absolute atomic E-state index is 0.00723. The minimum Gasteiger partial charge on any atom is -0.339 e. The molecule has 23 heavy (non-hydrogen) atoms. The summed E-state index contributed by atoms with van der Waals surface area (Å²) in [6.45, 7) is 8.92. The third-order valence-corrected chi connectivity index (χ3v) is 7.17. The van der Waals surface area contributed by atoms with Gasteiger partial charge in [-0.15, -0.1) is 0 Å². The van der Waals surface area contributed by atoms with Crippen molar-refractivity contribution in [2.45, 2.75) is 45.8 Å². The smallest absolute Gasteiger partial charge is 0.253 e. The zero-order valence-electron chi connectivity index (χ0n) is 14.5. The van der Waals surface area contributed by atoms with E-state index in [0.717, 1.165) is 5.56 Å². The third-order valence-electron chi connectivity index (χ3n) is 4.56. The van der Waals surface area contributed by atoms with Crippen molar-refractivity contribution < 1.29 is 13.2 Å². The van der Waals surface area contributed by atoms with Gasteiger partial charge in [-0.2, -0.15) is 0 Å². The van der Waals surface area contributed by atoms with Gasteiger partial charge in [-0.3, -0.25) is 4.79 Å². The summed E-state index contributed by atoms with van der Waals surface area (Å²) in [6.07, 6.45) is 1.09. The predicted molar refractivity (Wildman–Crippen MR) is 93.5 cm³/mol. The molecule has 1 aliphatic heterocycles. The molecule has 0 aliphatic carbocycles. The van der Waals surface area contributed by atoms with Gasteiger partial charge in [0.1, 0.15) is 0 Å². The van der Waals surface area contributed by atoms with Crippen LogP contribution in [-0.4, -0.2) is 43.3 Å². The predicted octanol–water partition coefficient (Wildman–Crippen LogP) is 2.98. The van der Waals surface area contributed by atoms with Gasteiger partial charge in [-0.05, 0) is 55.9 Å². The van der Waals surface area contributed by atoms with Crippen LogP contribution in [-0.2, 0) is 9.84 Å². The van der Waals surface area contributed by atoms with E-state index in [0.29, 0.717) is 31.5 Å². The Bertz CT molecular complexity index is 672. The summed E-state index contributed by atoms with van der Waals surface area (Å²) in [5.74, 6) is 0.394. The molecule has 2 rings (SSSR count). The molecule has 128 valence electrons. The van der Waals surface area contributed by atoms with E-state index < -0.39 is 9.84 Å². The fourth-order valence-corrected chi connectivity index (χ4v) is 5.21. The van der Waals surface area contributed by atoms with Crippen LogP contribution < -0.4 is 0 Å². The number of carbonyl (C=O) groups is 1. The molecule has 1 amide bonds. The number of nitrogens with zero attached hydrogens (tertiary/aromatic N) is 1. The third kappa shape index (κ3) is 4.34. The second-order valence-corrected chi connectivity index (χ2v) is 9.34. The van der Waals surface area contributed by atoms with Crippen molar-refractivity contribution in [3.63, 3.8) is 0 Å². The molecule has 0 aromatic heterocycles. The Morgan fingerprint density at radius 3 is 2.30 bits per heavy atom. The van der Waals surface area contributed by atoms with Gasteiger partial charge in [0.25, 0.3) is 5.91 Å². The van der Waals surface area contributed by atoms with Crippen LogP contribution in [0.5, 0.6) is 0 Å². The number of aryl methyl sites for hydroxylation is 2. The van der Waals surface area contributed by atoms with E-state index in [4.69, 9.17) is 0 Å². The number of amides is 1. The molecule has 1 aliphatic rings. The largest absolute Gasteiger partial charge is 0.339 e. The molecule has 0 N–H and O–H groups in total. The Hall–Kier alpha value is -1.36. The first-order chi connectivity index (χ1) is 10.7. The lowest BCUT2D eigenvalue weighted by Crippen LogP contribution is -2.43. The zero-order valence-corrected chi connectivity index (χ0v) is 15.3. The van der Waals surface area contributed by atoms with Crippen LogP contribution in [0.1, 0.15) is 48.2 Å². The summed E-state index contributed by atoms with van der Waals surface area (Å²) < 4.78 is 24.6. The van der Waals surface area contributed by atoms with Gasteiger partial charge in [0.2, 0.25) is 0 Å². The molecule has 1 aromatic carbocycles. The number of benzene rings is 1. The van der Waals surface area contributed by atoms with Crippen molar-refractivity contribution in [2.24, 2.45) is 5.92 Å². The molecule has 1 aromatic rings. The molecule has 0 radical (unpaired) electrons. The van der Waals surface area contributed by atoms with Crippen LogP contribution in [0.2, 0.25) is 0 Å². The molecular formula is C18H27NO3S. The van der Waals surface area contributed by atoms with E-state index in [1.807, 2.05) is 45.9 Å². The highest BCUT2D eigenvalue weighted by Gasteiger charge is 2.32. The van der Waals surface area contributed by atoms with Gasteiger partial charge in [-0.1, -0.05) is 19.9 Å². The average molecular weight is 337 g/mol. The van der Waals surface area contributed by atoms with E-state index in [1.165, 1.54) is 5.56 Å². The van der Waals surface area contributed by atoms with E-state index in [9.17, 15) is 13.2 Å². The Morgan fingerprint density at radius 1 is 1.17 bits per heavy atom. The highest BCUT2D eigenvalue weighted by Crippen LogP contribution is 2.22. The standard InChI is InChI=1S/C18H27NO3S/c1-13(2)12-23(21,22)17-7-9-19(10-8-17)18(20)16-6-5-14(3)15(4)11-16/h5-6,11,13,17H,7-10,12H2,1-4H3. The van der Waals surface area contributed by atoms with Crippen LogP contribution in [0.4, 0.5) is 0 Å². The van der Waals surface area contributed by atoms with Crippen molar-refractivity contribution in [1.82, 2.24) is 4.90 Å².